The number of rotatable bonds is 3. The molecule has 0 bridgehead atoms. The Kier molecular flexibility index (Phi) is 2.96. The molecule has 0 atom stereocenters. The molecule has 15 heavy (non-hydrogen) atoms. The number of hydrogen-bond acceptors (Lipinski definition) is 2. The summed E-state index contributed by atoms with van der Waals surface area (Å²) in [6, 6.07) is 6.53. The summed E-state index contributed by atoms with van der Waals surface area (Å²) in [6.45, 7) is 6.05. The fourth-order valence-corrected chi connectivity index (χ4v) is 1.84. The van der Waals surface area contributed by atoms with E-state index in [4.69, 9.17) is 9.47 Å². The largest absolute Gasteiger partial charge is 0.496 e. The second-order valence-corrected chi connectivity index (χ2v) is 4.39. The average molecular weight is 206 g/mol. The number of methoxy groups -OCH3 is 1. The van der Waals surface area contributed by atoms with Gasteiger partial charge >= 0.3 is 0 Å². The Morgan fingerprint density at radius 1 is 1.33 bits per heavy atom. The highest BCUT2D eigenvalue weighted by atomic mass is 16.5. The minimum Gasteiger partial charge on any atom is -0.496 e. The first-order valence-corrected chi connectivity index (χ1v) is 5.48. The molecule has 1 aromatic carbocycles. The summed E-state index contributed by atoms with van der Waals surface area (Å²) in [4.78, 5) is 0. The topological polar surface area (TPSA) is 18.5 Å². The molecule has 0 amide bonds. The molecule has 0 saturated carbocycles. The van der Waals surface area contributed by atoms with Crippen LogP contribution in [0.2, 0.25) is 0 Å². The Balaban J connectivity index is 2.30. The van der Waals surface area contributed by atoms with E-state index in [2.05, 4.69) is 32.0 Å². The molecule has 1 heterocycles. The van der Waals surface area contributed by atoms with Crippen LogP contribution >= 0.6 is 0 Å². The zero-order valence-corrected chi connectivity index (χ0v) is 9.62. The quantitative estimate of drug-likeness (QED) is 0.757. The Bertz CT molecular complexity index is 340. The maximum atomic E-state index is 5.44. The molecule has 0 spiro atoms. The third kappa shape index (κ3) is 2.00. The highest BCUT2D eigenvalue weighted by Gasteiger charge is 2.23. The first-order valence-electron chi connectivity index (χ1n) is 5.48. The molecule has 1 aliphatic heterocycles. The normalized spacial score (nSPS) is 16.5. The molecule has 1 aliphatic rings. The van der Waals surface area contributed by atoms with Gasteiger partial charge < -0.3 is 9.47 Å². The van der Waals surface area contributed by atoms with Crippen molar-refractivity contribution in [2.45, 2.75) is 25.7 Å². The third-order valence-corrected chi connectivity index (χ3v) is 3.00. The van der Waals surface area contributed by atoms with Crippen molar-refractivity contribution >= 4 is 0 Å². The summed E-state index contributed by atoms with van der Waals surface area (Å²) in [6.07, 6.45) is 0. The SMILES string of the molecule is COc1cc(C(C)C)ccc1C1COC1. The van der Waals surface area contributed by atoms with Crippen LogP contribution in [0.3, 0.4) is 0 Å². The molecular weight excluding hydrogens is 188 g/mol. The molecule has 2 heteroatoms. The van der Waals surface area contributed by atoms with Crippen molar-refractivity contribution in [3.63, 3.8) is 0 Å². The standard InChI is InChI=1S/C13H18O2/c1-9(2)10-4-5-12(11-7-15-8-11)13(6-10)14-3/h4-6,9,11H,7-8H2,1-3H3. The van der Waals surface area contributed by atoms with Crippen LogP contribution in [0.25, 0.3) is 0 Å². The summed E-state index contributed by atoms with van der Waals surface area (Å²) in [5.74, 6) is 2.08. The van der Waals surface area contributed by atoms with Crippen molar-refractivity contribution in [2.75, 3.05) is 20.3 Å². The maximum Gasteiger partial charge on any atom is 0.122 e. The molecule has 0 N–H and O–H groups in total. The van der Waals surface area contributed by atoms with Gasteiger partial charge in [-0.05, 0) is 17.5 Å². The van der Waals surface area contributed by atoms with E-state index < -0.39 is 0 Å². The van der Waals surface area contributed by atoms with E-state index >= 15 is 0 Å². The molecule has 1 fully saturated rings. The molecule has 82 valence electrons. The van der Waals surface area contributed by atoms with Gasteiger partial charge in [0.2, 0.25) is 0 Å². The van der Waals surface area contributed by atoms with Crippen LogP contribution in [0.5, 0.6) is 5.75 Å². The van der Waals surface area contributed by atoms with Crippen LogP contribution in [0.4, 0.5) is 0 Å². The van der Waals surface area contributed by atoms with E-state index in [1.165, 1.54) is 11.1 Å². The lowest BCUT2D eigenvalue weighted by atomic mass is 9.93. The van der Waals surface area contributed by atoms with Crippen molar-refractivity contribution in [1.29, 1.82) is 0 Å². The highest BCUT2D eigenvalue weighted by molar-refractivity contribution is 5.41. The van der Waals surface area contributed by atoms with Crippen molar-refractivity contribution in [3.8, 4) is 5.75 Å². The molecule has 0 aromatic heterocycles. The highest BCUT2D eigenvalue weighted by Crippen LogP contribution is 2.33. The van der Waals surface area contributed by atoms with Gasteiger partial charge in [0.25, 0.3) is 0 Å². The first kappa shape index (κ1) is 10.5. The van der Waals surface area contributed by atoms with E-state index in [9.17, 15) is 0 Å². The summed E-state index contributed by atoms with van der Waals surface area (Å²) < 4.78 is 10.6. The molecule has 2 nitrogen and oxygen atoms in total. The van der Waals surface area contributed by atoms with E-state index in [0.717, 1.165) is 19.0 Å². The van der Waals surface area contributed by atoms with Crippen LogP contribution in [-0.4, -0.2) is 20.3 Å². The van der Waals surface area contributed by atoms with Gasteiger partial charge in [-0.2, -0.15) is 0 Å². The van der Waals surface area contributed by atoms with Crippen LogP contribution in [-0.2, 0) is 4.74 Å². The predicted molar refractivity (Wildman–Crippen MR) is 60.6 cm³/mol. The van der Waals surface area contributed by atoms with E-state index in [0.29, 0.717) is 11.8 Å². The number of hydrogen-bond donors (Lipinski definition) is 0. The van der Waals surface area contributed by atoms with Gasteiger partial charge in [0.05, 0.1) is 20.3 Å². The summed E-state index contributed by atoms with van der Waals surface area (Å²) >= 11 is 0. The van der Waals surface area contributed by atoms with Gasteiger partial charge in [0, 0.05) is 11.5 Å². The predicted octanol–water partition coefficient (Wildman–Crippen LogP) is 2.93. The van der Waals surface area contributed by atoms with E-state index in [-0.39, 0.29) is 0 Å². The first-order chi connectivity index (χ1) is 7.22. The molecule has 1 saturated heterocycles. The molecular formula is C13H18O2. The van der Waals surface area contributed by atoms with Crippen molar-refractivity contribution in [2.24, 2.45) is 0 Å². The van der Waals surface area contributed by atoms with Crippen molar-refractivity contribution in [1.82, 2.24) is 0 Å². The lowest BCUT2D eigenvalue weighted by molar-refractivity contribution is 0.00752. The van der Waals surface area contributed by atoms with Crippen LogP contribution in [0, 0.1) is 0 Å². The summed E-state index contributed by atoms with van der Waals surface area (Å²) in [7, 11) is 1.74. The van der Waals surface area contributed by atoms with Gasteiger partial charge in [0.1, 0.15) is 5.75 Å². The van der Waals surface area contributed by atoms with Crippen LogP contribution in [0.1, 0.15) is 36.8 Å². The fraction of sp³-hybridized carbons (Fsp3) is 0.538. The third-order valence-electron chi connectivity index (χ3n) is 3.00. The van der Waals surface area contributed by atoms with Gasteiger partial charge in [-0.15, -0.1) is 0 Å². The Morgan fingerprint density at radius 3 is 2.53 bits per heavy atom. The minimum atomic E-state index is 0.529. The van der Waals surface area contributed by atoms with Crippen molar-refractivity contribution in [3.05, 3.63) is 29.3 Å². The zero-order valence-electron chi connectivity index (χ0n) is 9.62. The Hall–Kier alpha value is -1.02. The summed E-state index contributed by atoms with van der Waals surface area (Å²) in [5.41, 5.74) is 2.61. The van der Waals surface area contributed by atoms with Gasteiger partial charge in [0.15, 0.2) is 0 Å². The maximum absolute atomic E-state index is 5.44. The molecule has 0 radical (unpaired) electrons. The average Bonchev–Trinajstić information content (AvgIpc) is 2.15. The second kappa shape index (κ2) is 4.23. The second-order valence-electron chi connectivity index (χ2n) is 4.39. The van der Waals surface area contributed by atoms with Gasteiger partial charge in [-0.25, -0.2) is 0 Å². The number of ether oxygens (including phenoxy) is 2. The van der Waals surface area contributed by atoms with Crippen molar-refractivity contribution < 1.29 is 9.47 Å². The Morgan fingerprint density at radius 2 is 2.07 bits per heavy atom. The fourth-order valence-electron chi connectivity index (χ4n) is 1.84. The van der Waals surface area contributed by atoms with Crippen LogP contribution in [0.15, 0.2) is 18.2 Å². The van der Waals surface area contributed by atoms with E-state index in [1.807, 2.05) is 0 Å². The molecule has 0 unspecified atom stereocenters. The van der Waals surface area contributed by atoms with Gasteiger partial charge in [-0.1, -0.05) is 26.0 Å². The molecule has 0 aliphatic carbocycles. The smallest absolute Gasteiger partial charge is 0.122 e. The van der Waals surface area contributed by atoms with E-state index in [1.54, 1.807) is 7.11 Å². The zero-order chi connectivity index (χ0) is 10.8. The monoisotopic (exact) mass is 206 g/mol. The van der Waals surface area contributed by atoms with Crippen LogP contribution < -0.4 is 4.74 Å². The number of benzene rings is 1. The lowest BCUT2D eigenvalue weighted by Crippen LogP contribution is -2.25. The summed E-state index contributed by atoms with van der Waals surface area (Å²) in [5, 5.41) is 0. The lowest BCUT2D eigenvalue weighted by Gasteiger charge is -2.28. The Labute approximate surface area is 91.2 Å². The van der Waals surface area contributed by atoms with Gasteiger partial charge in [-0.3, -0.25) is 0 Å². The molecule has 2 rings (SSSR count). The minimum absolute atomic E-state index is 0.529. The molecule has 1 aromatic rings.